The lowest BCUT2D eigenvalue weighted by Gasteiger charge is -2.09. The fourth-order valence-corrected chi connectivity index (χ4v) is 1.35. The van der Waals surface area contributed by atoms with Crippen molar-refractivity contribution in [3.63, 3.8) is 0 Å². The van der Waals surface area contributed by atoms with Crippen molar-refractivity contribution in [3.05, 3.63) is 24.3 Å². The SMILES string of the molecule is CNC(=O)Nc1ccc(NC(=O)CNCC(F)(F)F)cc1. The monoisotopic (exact) mass is 304 g/mol. The molecule has 0 aliphatic carbocycles. The number of amides is 3. The van der Waals surface area contributed by atoms with Crippen LogP contribution in [0.2, 0.25) is 0 Å². The van der Waals surface area contributed by atoms with Crippen LogP contribution >= 0.6 is 0 Å². The summed E-state index contributed by atoms with van der Waals surface area (Å²) in [6.07, 6.45) is -4.35. The Morgan fingerprint density at radius 3 is 2.05 bits per heavy atom. The molecule has 0 saturated carbocycles. The van der Waals surface area contributed by atoms with Gasteiger partial charge in [-0.1, -0.05) is 0 Å². The smallest absolute Gasteiger partial charge is 0.341 e. The highest BCUT2D eigenvalue weighted by Gasteiger charge is 2.26. The lowest BCUT2D eigenvalue weighted by molar-refractivity contribution is -0.126. The molecule has 1 aromatic carbocycles. The van der Waals surface area contributed by atoms with E-state index in [2.05, 4.69) is 16.0 Å². The van der Waals surface area contributed by atoms with E-state index < -0.39 is 25.2 Å². The second-order valence-electron chi connectivity index (χ2n) is 4.05. The number of anilines is 2. The highest BCUT2D eigenvalue weighted by Crippen LogP contribution is 2.14. The van der Waals surface area contributed by atoms with Gasteiger partial charge in [-0.3, -0.25) is 4.79 Å². The van der Waals surface area contributed by atoms with Gasteiger partial charge < -0.3 is 21.3 Å². The van der Waals surface area contributed by atoms with Crippen LogP contribution in [0.4, 0.5) is 29.3 Å². The molecule has 3 amide bonds. The van der Waals surface area contributed by atoms with Crippen molar-refractivity contribution in [3.8, 4) is 0 Å². The normalized spacial score (nSPS) is 10.9. The molecule has 9 heteroatoms. The molecule has 4 N–H and O–H groups in total. The maximum Gasteiger partial charge on any atom is 0.401 e. The van der Waals surface area contributed by atoms with E-state index in [1.165, 1.54) is 19.2 Å². The minimum atomic E-state index is -4.35. The Kier molecular flexibility index (Phi) is 5.97. The molecule has 0 saturated heterocycles. The third kappa shape index (κ3) is 7.16. The van der Waals surface area contributed by atoms with Gasteiger partial charge in [-0.2, -0.15) is 13.2 Å². The average molecular weight is 304 g/mol. The maximum atomic E-state index is 11.9. The van der Waals surface area contributed by atoms with Gasteiger partial charge in [-0.25, -0.2) is 4.79 Å². The minimum absolute atomic E-state index is 0.386. The molecular formula is C12H15F3N4O2. The Morgan fingerprint density at radius 1 is 1.05 bits per heavy atom. The summed E-state index contributed by atoms with van der Waals surface area (Å²) >= 11 is 0. The molecule has 1 aromatic rings. The molecule has 116 valence electrons. The van der Waals surface area contributed by atoms with Crippen LogP contribution in [0.15, 0.2) is 24.3 Å². The van der Waals surface area contributed by atoms with Gasteiger partial charge in [0.2, 0.25) is 5.91 Å². The second-order valence-corrected chi connectivity index (χ2v) is 4.05. The van der Waals surface area contributed by atoms with E-state index in [-0.39, 0.29) is 6.03 Å². The van der Waals surface area contributed by atoms with Gasteiger partial charge in [0, 0.05) is 18.4 Å². The molecule has 0 unspecified atom stereocenters. The fraction of sp³-hybridized carbons (Fsp3) is 0.333. The summed E-state index contributed by atoms with van der Waals surface area (Å²) in [7, 11) is 1.47. The van der Waals surface area contributed by atoms with E-state index in [0.29, 0.717) is 11.4 Å². The third-order valence-corrected chi connectivity index (χ3v) is 2.26. The molecule has 0 bridgehead atoms. The highest BCUT2D eigenvalue weighted by atomic mass is 19.4. The Balaban J connectivity index is 2.41. The third-order valence-electron chi connectivity index (χ3n) is 2.26. The van der Waals surface area contributed by atoms with E-state index in [1.54, 1.807) is 12.1 Å². The van der Waals surface area contributed by atoms with Crippen LogP contribution in [0.5, 0.6) is 0 Å². The summed E-state index contributed by atoms with van der Waals surface area (Å²) in [5.41, 5.74) is 0.929. The Labute approximate surface area is 119 Å². The number of carbonyl (C=O) groups excluding carboxylic acids is 2. The number of hydrogen-bond donors (Lipinski definition) is 4. The first-order valence-corrected chi connectivity index (χ1v) is 5.96. The van der Waals surface area contributed by atoms with Crippen LogP contribution in [0.25, 0.3) is 0 Å². The van der Waals surface area contributed by atoms with Crippen molar-refractivity contribution in [1.29, 1.82) is 0 Å². The van der Waals surface area contributed by atoms with E-state index in [4.69, 9.17) is 0 Å². The largest absolute Gasteiger partial charge is 0.401 e. The molecule has 0 aliphatic heterocycles. The van der Waals surface area contributed by atoms with Gasteiger partial charge in [-0.15, -0.1) is 0 Å². The van der Waals surface area contributed by atoms with E-state index >= 15 is 0 Å². The van der Waals surface area contributed by atoms with Gasteiger partial charge in [0.05, 0.1) is 13.1 Å². The zero-order chi connectivity index (χ0) is 15.9. The van der Waals surface area contributed by atoms with Gasteiger partial charge >= 0.3 is 12.2 Å². The number of halogens is 3. The van der Waals surface area contributed by atoms with Crippen LogP contribution < -0.4 is 21.3 Å². The molecular weight excluding hydrogens is 289 g/mol. The number of hydrogen-bond acceptors (Lipinski definition) is 3. The molecule has 0 aliphatic rings. The molecule has 0 heterocycles. The first-order valence-electron chi connectivity index (χ1n) is 5.96. The van der Waals surface area contributed by atoms with E-state index in [0.717, 1.165) is 0 Å². The zero-order valence-corrected chi connectivity index (χ0v) is 11.2. The number of benzene rings is 1. The zero-order valence-electron chi connectivity index (χ0n) is 11.2. The van der Waals surface area contributed by atoms with E-state index in [9.17, 15) is 22.8 Å². The van der Waals surface area contributed by atoms with Gasteiger partial charge in [0.15, 0.2) is 0 Å². The quantitative estimate of drug-likeness (QED) is 0.666. The first kappa shape index (κ1) is 16.8. The topological polar surface area (TPSA) is 82.3 Å². The van der Waals surface area contributed by atoms with Crippen molar-refractivity contribution >= 4 is 23.3 Å². The lowest BCUT2D eigenvalue weighted by atomic mass is 10.3. The Bertz CT molecular complexity index is 488. The highest BCUT2D eigenvalue weighted by molar-refractivity contribution is 5.93. The molecule has 1 rings (SSSR count). The number of urea groups is 1. The molecule has 0 radical (unpaired) electrons. The number of alkyl halides is 3. The number of carbonyl (C=O) groups is 2. The summed E-state index contributed by atoms with van der Waals surface area (Å²) in [6, 6.07) is 5.75. The Hall–Kier alpha value is -2.29. The van der Waals surface area contributed by atoms with Crippen molar-refractivity contribution in [2.24, 2.45) is 0 Å². The summed E-state index contributed by atoms with van der Waals surface area (Å²) in [6.45, 7) is -1.67. The summed E-state index contributed by atoms with van der Waals surface area (Å²) in [4.78, 5) is 22.4. The van der Waals surface area contributed by atoms with Gasteiger partial charge in [-0.05, 0) is 24.3 Å². The maximum absolute atomic E-state index is 11.9. The molecule has 0 spiro atoms. The predicted octanol–water partition coefficient (Wildman–Crippen LogP) is 1.53. The fourth-order valence-electron chi connectivity index (χ4n) is 1.35. The molecule has 0 fully saturated rings. The van der Waals surface area contributed by atoms with Gasteiger partial charge in [0.1, 0.15) is 0 Å². The first-order chi connectivity index (χ1) is 9.80. The number of nitrogens with one attached hydrogen (secondary N) is 4. The molecule has 0 aromatic heterocycles. The van der Waals surface area contributed by atoms with Crippen LogP contribution in [0.1, 0.15) is 0 Å². The van der Waals surface area contributed by atoms with Gasteiger partial charge in [0.25, 0.3) is 0 Å². The van der Waals surface area contributed by atoms with Crippen LogP contribution in [0, 0.1) is 0 Å². The van der Waals surface area contributed by atoms with Crippen LogP contribution in [-0.2, 0) is 4.79 Å². The van der Waals surface area contributed by atoms with Crippen molar-refractivity contribution < 1.29 is 22.8 Å². The average Bonchev–Trinajstić information content (AvgIpc) is 2.39. The van der Waals surface area contributed by atoms with Crippen LogP contribution in [0.3, 0.4) is 0 Å². The van der Waals surface area contributed by atoms with Crippen molar-refractivity contribution in [2.75, 3.05) is 30.8 Å². The van der Waals surface area contributed by atoms with Crippen LogP contribution in [-0.4, -0.2) is 38.3 Å². The second kappa shape index (κ2) is 7.48. The summed E-state index contributed by atoms with van der Waals surface area (Å²) < 4.78 is 35.6. The van der Waals surface area contributed by atoms with Crippen molar-refractivity contribution in [1.82, 2.24) is 10.6 Å². The number of rotatable bonds is 5. The summed E-state index contributed by atoms with van der Waals surface area (Å²) in [5.74, 6) is -0.591. The molecule has 6 nitrogen and oxygen atoms in total. The minimum Gasteiger partial charge on any atom is -0.341 e. The molecule has 0 atom stereocenters. The van der Waals surface area contributed by atoms with Crippen molar-refractivity contribution in [2.45, 2.75) is 6.18 Å². The lowest BCUT2D eigenvalue weighted by Crippen LogP contribution is -2.35. The Morgan fingerprint density at radius 2 is 1.57 bits per heavy atom. The predicted molar refractivity (Wildman–Crippen MR) is 72.1 cm³/mol. The van der Waals surface area contributed by atoms with E-state index in [1.807, 2.05) is 5.32 Å². The standard InChI is InChI=1S/C12H15F3N4O2/c1-16-11(21)19-9-4-2-8(3-5-9)18-10(20)6-17-7-12(13,14)15/h2-5,17H,6-7H2,1H3,(H,18,20)(H2,16,19,21). The molecule has 21 heavy (non-hydrogen) atoms. The summed E-state index contributed by atoms with van der Waals surface area (Å²) in [5, 5.41) is 9.31.